The number of carbonyl (C=O) groups is 7. The van der Waals surface area contributed by atoms with Crippen molar-refractivity contribution in [1.82, 2.24) is 30.2 Å². The third-order valence-electron chi connectivity index (χ3n) is 12.6. The molecule has 0 aliphatic carbocycles. The molecule has 2 amide bonds. The normalized spacial score (nSPS) is 14.4. The van der Waals surface area contributed by atoms with Crippen molar-refractivity contribution in [3.63, 3.8) is 0 Å². The Morgan fingerprint density at radius 1 is 0.447 bits per heavy atom. The first-order valence-corrected chi connectivity index (χ1v) is 25.8. The smallest absolute Gasteiger partial charge is 0.328 e. The van der Waals surface area contributed by atoms with E-state index < -0.39 is 35.8 Å². The third kappa shape index (κ3) is 22.1. The van der Waals surface area contributed by atoms with Gasteiger partial charge in [-0.05, 0) is 59.7 Å². The van der Waals surface area contributed by atoms with Crippen LogP contribution in [0.5, 0.6) is 0 Å². The number of ketones is 1. The summed E-state index contributed by atoms with van der Waals surface area (Å²) in [6.07, 6.45) is 0.662. The minimum atomic E-state index is -1.02. The van der Waals surface area contributed by atoms with Crippen molar-refractivity contribution < 1.29 is 52.5 Å². The van der Waals surface area contributed by atoms with Gasteiger partial charge in [0, 0.05) is 70.9 Å². The topological polar surface area (TPSA) is 193 Å². The summed E-state index contributed by atoms with van der Waals surface area (Å²) in [5.41, 5.74) is 4.57. The van der Waals surface area contributed by atoms with Crippen molar-refractivity contribution in [1.29, 1.82) is 0 Å². The Morgan fingerprint density at radius 2 is 0.803 bits per heavy atom. The molecule has 0 aromatic heterocycles. The summed E-state index contributed by atoms with van der Waals surface area (Å²) in [6.45, 7) is 5.33. The molecule has 0 bridgehead atoms. The fraction of sp³-hybridized carbons (Fsp3) is 0.373. The molecule has 6 rings (SSSR count). The van der Waals surface area contributed by atoms with E-state index in [0.29, 0.717) is 70.9 Å². The summed E-state index contributed by atoms with van der Waals surface area (Å²) >= 11 is 0. The molecule has 1 atom stereocenters. The van der Waals surface area contributed by atoms with Crippen LogP contribution in [0.1, 0.15) is 57.9 Å². The van der Waals surface area contributed by atoms with Gasteiger partial charge in [0.05, 0.1) is 26.2 Å². The number of rotatable bonds is 25. The maximum absolute atomic E-state index is 13.7. The predicted molar refractivity (Wildman–Crippen MR) is 285 cm³/mol. The van der Waals surface area contributed by atoms with E-state index in [1.165, 1.54) is 6.92 Å². The van der Waals surface area contributed by atoms with E-state index in [2.05, 4.69) is 10.6 Å². The summed E-state index contributed by atoms with van der Waals surface area (Å²) in [6, 6.07) is 43.3. The number of Topliss-reactive ketones (excluding diaryl/α,β-unsaturated/α-hetero) is 1. The van der Waals surface area contributed by atoms with Crippen LogP contribution in [0.3, 0.4) is 0 Å². The van der Waals surface area contributed by atoms with Crippen LogP contribution in [-0.2, 0) is 80.6 Å². The van der Waals surface area contributed by atoms with Crippen LogP contribution in [-0.4, -0.2) is 152 Å². The molecule has 0 radical (unpaired) electrons. The van der Waals surface area contributed by atoms with E-state index in [0.717, 1.165) is 27.8 Å². The second-order valence-corrected chi connectivity index (χ2v) is 18.7. The van der Waals surface area contributed by atoms with Crippen molar-refractivity contribution in [2.75, 3.05) is 85.1 Å². The lowest BCUT2D eigenvalue weighted by Gasteiger charge is -2.33. The van der Waals surface area contributed by atoms with Crippen molar-refractivity contribution in [2.45, 2.75) is 58.7 Å². The standard InChI is InChI=1S/C59H70N6O11/c1-46(66)22-27-53(59(72)76-45-51-20-12-5-13-21-51)61-58(71)52-25-23-47(24-26-52)28-29-60-54(67)38-62-30-32-63(39-55(68)73-42-48-14-6-2-7-15-48)34-36-65(41-57(70)75-44-50-18-10-4-11-19-50)37-35-64(33-31-62)40-56(69)74-43-49-16-8-3-9-17-49/h2-21,23-26,53H,22,27-45H2,1H3,(H,60,67)(H,61,71). The quantitative estimate of drug-likeness (QED) is 0.0585. The molecule has 2 N–H and O–H groups in total. The summed E-state index contributed by atoms with van der Waals surface area (Å²) in [4.78, 5) is 99.6. The summed E-state index contributed by atoms with van der Waals surface area (Å²) in [5.74, 6) is -2.67. The number of carbonyl (C=O) groups excluding carboxylic acids is 7. The molecule has 402 valence electrons. The molecular formula is C59H70N6O11. The molecule has 1 unspecified atom stereocenters. The number of hydrogen-bond acceptors (Lipinski definition) is 15. The second kappa shape index (κ2) is 32.0. The lowest BCUT2D eigenvalue weighted by Crippen LogP contribution is -2.50. The molecule has 1 heterocycles. The zero-order chi connectivity index (χ0) is 53.7. The second-order valence-electron chi connectivity index (χ2n) is 18.7. The average molecular weight is 1040 g/mol. The highest BCUT2D eigenvalue weighted by Gasteiger charge is 2.25. The average Bonchev–Trinajstić information content (AvgIpc) is 3.43. The Balaban J connectivity index is 1.07. The molecule has 1 aliphatic rings. The van der Waals surface area contributed by atoms with Crippen LogP contribution in [0, 0.1) is 0 Å². The van der Waals surface area contributed by atoms with Gasteiger partial charge < -0.3 is 34.4 Å². The molecule has 1 saturated heterocycles. The molecule has 17 heteroatoms. The fourth-order valence-corrected chi connectivity index (χ4v) is 8.21. The Kier molecular flexibility index (Phi) is 24.3. The monoisotopic (exact) mass is 1040 g/mol. The van der Waals surface area contributed by atoms with Gasteiger partial charge in [-0.3, -0.25) is 43.6 Å². The van der Waals surface area contributed by atoms with E-state index in [1.54, 1.807) is 24.3 Å². The summed E-state index contributed by atoms with van der Waals surface area (Å²) in [7, 11) is 0. The van der Waals surface area contributed by atoms with Gasteiger partial charge in [-0.2, -0.15) is 0 Å². The molecule has 76 heavy (non-hydrogen) atoms. The van der Waals surface area contributed by atoms with Crippen LogP contribution < -0.4 is 10.6 Å². The van der Waals surface area contributed by atoms with Crippen molar-refractivity contribution in [3.8, 4) is 0 Å². The van der Waals surface area contributed by atoms with Crippen molar-refractivity contribution in [2.24, 2.45) is 0 Å². The van der Waals surface area contributed by atoms with Gasteiger partial charge in [0.15, 0.2) is 0 Å². The van der Waals surface area contributed by atoms with E-state index >= 15 is 0 Å². The van der Waals surface area contributed by atoms with Gasteiger partial charge in [0.1, 0.15) is 38.3 Å². The maximum Gasteiger partial charge on any atom is 0.328 e. The molecule has 5 aromatic rings. The maximum atomic E-state index is 13.7. The Hall–Kier alpha value is -7.57. The number of amides is 2. The van der Waals surface area contributed by atoms with E-state index in [1.807, 2.05) is 141 Å². The van der Waals surface area contributed by atoms with Crippen molar-refractivity contribution in [3.05, 3.63) is 179 Å². The minimum absolute atomic E-state index is 0.00525. The van der Waals surface area contributed by atoms with Gasteiger partial charge >= 0.3 is 23.9 Å². The first kappa shape index (κ1) is 57.7. The number of hydrogen-bond donors (Lipinski definition) is 2. The number of nitrogens with one attached hydrogen (secondary N) is 2. The molecule has 1 fully saturated rings. The number of benzene rings is 5. The molecular weight excluding hydrogens is 969 g/mol. The number of esters is 4. The molecule has 0 saturated carbocycles. The summed E-state index contributed by atoms with van der Waals surface area (Å²) in [5, 5.41) is 5.75. The largest absolute Gasteiger partial charge is 0.460 e. The van der Waals surface area contributed by atoms with E-state index in [-0.39, 0.29) is 77.1 Å². The minimum Gasteiger partial charge on any atom is -0.460 e. The Morgan fingerprint density at radius 3 is 1.17 bits per heavy atom. The fourth-order valence-electron chi connectivity index (χ4n) is 8.21. The first-order valence-electron chi connectivity index (χ1n) is 25.8. The van der Waals surface area contributed by atoms with Gasteiger partial charge in [-0.25, -0.2) is 4.79 Å². The van der Waals surface area contributed by atoms with Crippen LogP contribution >= 0.6 is 0 Å². The van der Waals surface area contributed by atoms with Gasteiger partial charge in [-0.15, -0.1) is 0 Å². The highest BCUT2D eigenvalue weighted by atomic mass is 16.5. The predicted octanol–water partition coefficient (Wildman–Crippen LogP) is 5.01. The zero-order valence-electron chi connectivity index (χ0n) is 43.4. The molecule has 0 spiro atoms. The third-order valence-corrected chi connectivity index (χ3v) is 12.6. The highest BCUT2D eigenvalue weighted by molar-refractivity contribution is 5.97. The van der Waals surface area contributed by atoms with Gasteiger partial charge in [-0.1, -0.05) is 133 Å². The first-order chi connectivity index (χ1) is 36.9. The van der Waals surface area contributed by atoms with Crippen LogP contribution in [0.15, 0.2) is 146 Å². The SMILES string of the molecule is CC(=O)CCC(NC(=O)c1ccc(CCNC(=O)CN2CCN(CC(=O)OCc3ccccc3)CCN(CC(=O)OCc3ccccc3)CCN(CC(=O)OCc3ccccc3)CC2)cc1)C(=O)OCc1ccccc1. The van der Waals surface area contributed by atoms with E-state index in [4.69, 9.17) is 18.9 Å². The van der Waals surface area contributed by atoms with Crippen LogP contribution in [0.2, 0.25) is 0 Å². The van der Waals surface area contributed by atoms with Gasteiger partial charge in [0.2, 0.25) is 5.91 Å². The zero-order valence-corrected chi connectivity index (χ0v) is 43.4. The number of ether oxygens (including phenoxy) is 4. The molecule has 1 aliphatic heterocycles. The van der Waals surface area contributed by atoms with Gasteiger partial charge in [0.25, 0.3) is 5.91 Å². The molecule has 17 nitrogen and oxygen atoms in total. The van der Waals surface area contributed by atoms with Crippen LogP contribution in [0.25, 0.3) is 0 Å². The Bertz CT molecular complexity index is 2520. The Labute approximate surface area is 445 Å². The van der Waals surface area contributed by atoms with Crippen molar-refractivity contribution >= 4 is 41.5 Å². The number of nitrogens with zero attached hydrogens (tertiary/aromatic N) is 4. The lowest BCUT2D eigenvalue weighted by molar-refractivity contribution is -0.148. The van der Waals surface area contributed by atoms with E-state index in [9.17, 15) is 33.6 Å². The highest BCUT2D eigenvalue weighted by Crippen LogP contribution is 2.12. The summed E-state index contributed by atoms with van der Waals surface area (Å²) < 4.78 is 22.5. The molecule has 5 aromatic carbocycles. The van der Waals surface area contributed by atoms with Crippen LogP contribution in [0.4, 0.5) is 0 Å². The lowest BCUT2D eigenvalue weighted by atomic mass is 10.1.